The Kier molecular flexibility index (Phi) is 3.22. The van der Waals surface area contributed by atoms with E-state index in [4.69, 9.17) is 11.6 Å². The third-order valence-corrected chi connectivity index (χ3v) is 3.92. The van der Waals surface area contributed by atoms with Crippen molar-refractivity contribution < 1.29 is 0 Å². The third-order valence-electron chi connectivity index (χ3n) is 3.09. The predicted octanol–water partition coefficient (Wildman–Crippen LogP) is 4.63. The second-order valence-electron chi connectivity index (χ2n) is 4.19. The summed E-state index contributed by atoms with van der Waals surface area (Å²) in [5.41, 5.74) is 2.18. The molecular formula is C15H10BrClN2. The fourth-order valence-corrected chi connectivity index (χ4v) is 3.34. The van der Waals surface area contributed by atoms with Crippen LogP contribution in [0.2, 0.25) is 5.02 Å². The van der Waals surface area contributed by atoms with Crippen molar-refractivity contribution in [2.24, 2.45) is 0 Å². The van der Waals surface area contributed by atoms with Gasteiger partial charge in [-0.15, -0.1) is 5.92 Å². The fraction of sp³-hybridized carbons (Fsp3) is 0.133. The number of nitrogens with zero attached hydrogens (tertiary/aromatic N) is 2. The van der Waals surface area contributed by atoms with Crippen LogP contribution in [0.3, 0.4) is 0 Å². The molecular weight excluding hydrogens is 324 g/mol. The number of fused-ring (bicyclic) bond motifs is 3. The van der Waals surface area contributed by atoms with Crippen molar-refractivity contribution in [1.82, 2.24) is 9.55 Å². The lowest BCUT2D eigenvalue weighted by Crippen LogP contribution is -1.95. The molecule has 0 unspecified atom stereocenters. The van der Waals surface area contributed by atoms with Crippen LogP contribution in [0, 0.1) is 11.8 Å². The molecule has 1 aromatic carbocycles. The number of aromatic nitrogens is 2. The van der Waals surface area contributed by atoms with Gasteiger partial charge in [-0.3, -0.25) is 4.98 Å². The third kappa shape index (κ3) is 2.01. The monoisotopic (exact) mass is 332 g/mol. The van der Waals surface area contributed by atoms with E-state index in [0.29, 0.717) is 6.54 Å². The molecule has 0 aliphatic heterocycles. The normalized spacial score (nSPS) is 10.7. The van der Waals surface area contributed by atoms with Gasteiger partial charge in [0.1, 0.15) is 0 Å². The molecule has 0 fully saturated rings. The Balaban J connectivity index is 2.50. The van der Waals surface area contributed by atoms with Crippen molar-refractivity contribution in [3.05, 3.63) is 40.1 Å². The van der Waals surface area contributed by atoms with E-state index in [9.17, 15) is 0 Å². The minimum absolute atomic E-state index is 0.641. The van der Waals surface area contributed by atoms with E-state index in [-0.39, 0.29) is 0 Å². The standard InChI is InChI=1S/C15H10BrClN2/c1-2-3-6-19-14-9-18-5-4-11(14)12-7-10(17)8-13(16)15(12)19/h4-5,7-9H,6H2,1H3. The molecule has 2 aromatic heterocycles. The molecule has 94 valence electrons. The summed E-state index contributed by atoms with van der Waals surface area (Å²) in [6.45, 7) is 2.49. The van der Waals surface area contributed by atoms with Gasteiger partial charge >= 0.3 is 0 Å². The maximum atomic E-state index is 6.16. The average Bonchev–Trinajstić information content (AvgIpc) is 2.71. The van der Waals surface area contributed by atoms with Crippen LogP contribution < -0.4 is 0 Å². The van der Waals surface area contributed by atoms with Gasteiger partial charge < -0.3 is 4.57 Å². The molecule has 0 saturated carbocycles. The molecule has 0 N–H and O–H groups in total. The summed E-state index contributed by atoms with van der Waals surface area (Å²) in [4.78, 5) is 4.21. The second kappa shape index (κ2) is 4.88. The molecule has 4 heteroatoms. The Morgan fingerprint density at radius 3 is 3.00 bits per heavy atom. The molecule has 2 nitrogen and oxygen atoms in total. The SMILES string of the molecule is CC#CCn1c2cnccc2c2cc(Cl)cc(Br)c21. The van der Waals surface area contributed by atoms with Gasteiger partial charge in [0.05, 0.1) is 23.8 Å². The zero-order valence-corrected chi connectivity index (χ0v) is 12.6. The van der Waals surface area contributed by atoms with Gasteiger partial charge in [-0.25, -0.2) is 0 Å². The first kappa shape index (κ1) is 12.5. The highest BCUT2D eigenvalue weighted by Gasteiger charge is 2.13. The number of pyridine rings is 1. The van der Waals surface area contributed by atoms with Gasteiger partial charge in [0.25, 0.3) is 0 Å². The van der Waals surface area contributed by atoms with Crippen molar-refractivity contribution in [2.45, 2.75) is 13.5 Å². The van der Waals surface area contributed by atoms with Gasteiger partial charge in [-0.05, 0) is 41.1 Å². The number of hydrogen-bond acceptors (Lipinski definition) is 1. The summed E-state index contributed by atoms with van der Waals surface area (Å²) in [6, 6.07) is 5.90. The summed E-state index contributed by atoms with van der Waals surface area (Å²) in [5.74, 6) is 6.04. The van der Waals surface area contributed by atoms with E-state index in [1.54, 1.807) is 6.20 Å². The first-order chi connectivity index (χ1) is 9.22. The Bertz CT molecular complexity index is 840. The Hall–Kier alpha value is -1.50. The molecule has 0 radical (unpaired) electrons. The molecule has 0 atom stereocenters. The second-order valence-corrected chi connectivity index (χ2v) is 5.48. The van der Waals surface area contributed by atoms with Crippen LogP contribution in [0.4, 0.5) is 0 Å². The zero-order chi connectivity index (χ0) is 13.4. The highest BCUT2D eigenvalue weighted by Crippen LogP contribution is 2.35. The van der Waals surface area contributed by atoms with Crippen LogP contribution in [0.25, 0.3) is 21.8 Å². The first-order valence-corrected chi connectivity index (χ1v) is 7.00. The van der Waals surface area contributed by atoms with Gasteiger partial charge in [-0.2, -0.15) is 0 Å². The smallest absolute Gasteiger partial charge is 0.0844 e. The zero-order valence-electron chi connectivity index (χ0n) is 10.2. The molecule has 2 heterocycles. The fourth-order valence-electron chi connectivity index (χ4n) is 2.32. The Labute approximate surface area is 124 Å². The lowest BCUT2D eigenvalue weighted by atomic mass is 10.2. The number of hydrogen-bond donors (Lipinski definition) is 0. The van der Waals surface area contributed by atoms with Crippen molar-refractivity contribution in [2.75, 3.05) is 0 Å². The lowest BCUT2D eigenvalue weighted by Gasteiger charge is -2.04. The Morgan fingerprint density at radius 2 is 2.21 bits per heavy atom. The quantitative estimate of drug-likeness (QED) is 0.594. The highest BCUT2D eigenvalue weighted by molar-refractivity contribution is 9.10. The minimum atomic E-state index is 0.641. The van der Waals surface area contributed by atoms with Crippen LogP contribution in [0.5, 0.6) is 0 Å². The molecule has 0 amide bonds. The summed E-state index contributed by atoms with van der Waals surface area (Å²) in [6.07, 6.45) is 3.67. The van der Waals surface area contributed by atoms with Crippen LogP contribution >= 0.6 is 27.5 Å². The van der Waals surface area contributed by atoms with Gasteiger partial charge in [0.2, 0.25) is 0 Å². The average molecular weight is 334 g/mol. The maximum absolute atomic E-state index is 6.16. The molecule has 0 saturated heterocycles. The van der Waals surface area contributed by atoms with Crippen molar-refractivity contribution in [3.63, 3.8) is 0 Å². The number of rotatable bonds is 1. The van der Waals surface area contributed by atoms with E-state index >= 15 is 0 Å². The molecule has 19 heavy (non-hydrogen) atoms. The highest BCUT2D eigenvalue weighted by atomic mass is 79.9. The van der Waals surface area contributed by atoms with Crippen molar-refractivity contribution >= 4 is 49.3 Å². The van der Waals surface area contributed by atoms with E-state index < -0.39 is 0 Å². The van der Waals surface area contributed by atoms with Crippen LogP contribution in [0.15, 0.2) is 35.1 Å². The summed E-state index contributed by atoms with van der Waals surface area (Å²) in [5, 5.41) is 2.98. The van der Waals surface area contributed by atoms with Crippen molar-refractivity contribution in [3.8, 4) is 11.8 Å². The predicted molar refractivity (Wildman–Crippen MR) is 83.4 cm³/mol. The number of halogens is 2. The minimum Gasteiger partial charge on any atom is -0.326 e. The van der Waals surface area contributed by atoms with Crippen LogP contribution in [-0.2, 0) is 6.54 Å². The molecule has 3 rings (SSSR count). The van der Waals surface area contributed by atoms with Crippen LogP contribution in [-0.4, -0.2) is 9.55 Å². The topological polar surface area (TPSA) is 17.8 Å². The largest absolute Gasteiger partial charge is 0.326 e. The van der Waals surface area contributed by atoms with E-state index in [1.165, 1.54) is 0 Å². The van der Waals surface area contributed by atoms with E-state index in [2.05, 4.69) is 37.3 Å². The van der Waals surface area contributed by atoms with Gasteiger partial charge in [-0.1, -0.05) is 17.5 Å². The first-order valence-electron chi connectivity index (χ1n) is 5.83. The molecule has 0 spiro atoms. The molecule has 3 aromatic rings. The summed E-state index contributed by atoms with van der Waals surface area (Å²) >= 11 is 9.75. The van der Waals surface area contributed by atoms with Gasteiger partial charge in [0.15, 0.2) is 0 Å². The molecule has 0 aliphatic rings. The summed E-state index contributed by atoms with van der Waals surface area (Å²) < 4.78 is 3.14. The Morgan fingerprint density at radius 1 is 1.37 bits per heavy atom. The summed E-state index contributed by atoms with van der Waals surface area (Å²) in [7, 11) is 0. The maximum Gasteiger partial charge on any atom is 0.0844 e. The lowest BCUT2D eigenvalue weighted by molar-refractivity contribution is 0.918. The molecule has 0 aliphatic carbocycles. The van der Waals surface area contributed by atoms with Crippen molar-refractivity contribution in [1.29, 1.82) is 0 Å². The van der Waals surface area contributed by atoms with Crippen LogP contribution in [0.1, 0.15) is 6.92 Å². The number of benzene rings is 1. The van der Waals surface area contributed by atoms with E-state index in [1.807, 2.05) is 31.3 Å². The van der Waals surface area contributed by atoms with E-state index in [0.717, 1.165) is 31.3 Å². The molecule has 0 bridgehead atoms. The van der Waals surface area contributed by atoms with Gasteiger partial charge in [0, 0.05) is 26.5 Å².